The summed E-state index contributed by atoms with van der Waals surface area (Å²) >= 11 is 0. The van der Waals surface area contributed by atoms with Gasteiger partial charge in [-0.1, -0.05) is 83.9 Å². The number of amides is 1. The molecule has 0 aromatic rings. The van der Waals surface area contributed by atoms with Gasteiger partial charge in [0.25, 0.3) is 11.7 Å². The van der Waals surface area contributed by atoms with Crippen LogP contribution < -0.4 is 0 Å². The molecule has 3 aliphatic heterocycles. The first kappa shape index (κ1) is 52.3. The summed E-state index contributed by atoms with van der Waals surface area (Å²) in [4.78, 5) is 71.2. The predicted octanol–water partition coefficient (Wildman–Crippen LogP) is 6.56. The van der Waals surface area contributed by atoms with Crippen LogP contribution in [0.3, 0.4) is 0 Å². The molecule has 1 unspecified atom stereocenters. The van der Waals surface area contributed by atoms with Crippen LogP contribution in [-0.4, -0.2) is 119 Å². The quantitative estimate of drug-likeness (QED) is 0.154. The second-order valence-electron chi connectivity index (χ2n) is 19.2. The molecule has 3 N–H and O–H groups in total. The number of ether oxygens (including phenoxy) is 4. The van der Waals surface area contributed by atoms with Crippen LogP contribution in [0.1, 0.15) is 132 Å². The highest BCUT2D eigenvalue weighted by Gasteiger charge is 2.53. The Morgan fingerprint density at radius 3 is 2.27 bits per heavy atom. The van der Waals surface area contributed by atoms with Gasteiger partial charge >= 0.3 is 5.97 Å². The first-order valence-corrected chi connectivity index (χ1v) is 23.4. The van der Waals surface area contributed by atoms with E-state index in [1.54, 1.807) is 48.0 Å². The number of nitrogens with zero attached hydrogens (tertiary/aromatic N) is 1. The maximum Gasteiger partial charge on any atom is 0.329 e. The van der Waals surface area contributed by atoms with Gasteiger partial charge in [0.15, 0.2) is 5.78 Å². The van der Waals surface area contributed by atoms with Crippen LogP contribution in [0, 0.1) is 35.5 Å². The molecular weight excluding hydrogens is 807 g/mol. The molecule has 14 atom stereocenters. The zero-order valence-corrected chi connectivity index (χ0v) is 39.3. The van der Waals surface area contributed by atoms with Gasteiger partial charge in [0.2, 0.25) is 5.79 Å². The number of aliphatic hydroxyl groups is 3. The molecule has 1 amide bonds. The predicted molar refractivity (Wildman–Crippen MR) is 239 cm³/mol. The van der Waals surface area contributed by atoms with Gasteiger partial charge in [-0.15, -0.1) is 0 Å². The van der Waals surface area contributed by atoms with Gasteiger partial charge in [-0.2, -0.15) is 0 Å². The highest BCUT2D eigenvalue weighted by molar-refractivity contribution is 6.39. The lowest BCUT2D eigenvalue weighted by atomic mass is 9.79. The number of carbonyl (C=O) groups is 5. The second kappa shape index (κ2) is 24.3. The van der Waals surface area contributed by atoms with Crippen molar-refractivity contribution in [3.63, 3.8) is 0 Å². The van der Waals surface area contributed by atoms with Gasteiger partial charge in [0, 0.05) is 51.4 Å². The second-order valence-corrected chi connectivity index (χ2v) is 19.2. The lowest BCUT2D eigenvalue weighted by Crippen LogP contribution is -2.61. The van der Waals surface area contributed by atoms with Gasteiger partial charge in [-0.3, -0.25) is 19.2 Å². The van der Waals surface area contributed by atoms with Crippen LogP contribution in [0.2, 0.25) is 0 Å². The van der Waals surface area contributed by atoms with E-state index >= 15 is 0 Å². The van der Waals surface area contributed by atoms with Crippen LogP contribution in [0.4, 0.5) is 0 Å². The van der Waals surface area contributed by atoms with Crippen molar-refractivity contribution in [2.24, 2.45) is 35.5 Å². The van der Waals surface area contributed by atoms with E-state index in [2.05, 4.69) is 0 Å². The molecule has 1 saturated carbocycles. The summed E-state index contributed by atoms with van der Waals surface area (Å²) < 4.78 is 23.9. The Labute approximate surface area is 375 Å². The standard InChI is InChI=1S/C50H77NO12/c1-30-16-11-10-12-17-31(2)42(61-9)28-39-22-21-36(7)50(59,63-39)47(56)48(57)51-23-14-13-20-40(51)49(58)62-43(33(4)26-37-18-15-19-38(27-37)60-8)29-41(52)32(3)25-35(6)45(54)46(55)44(53)34(5)24-30/h10-12,16-17,25,30,32-34,36-40,42-43,45-46,54-55,59H,13-15,18-24,26-29H2,1-9H3/b12-10+,16-11+,31-17+,35-25+/t30-,32-,33-,34-,36-,37+,38+,39+,40+,42+,43?,45-,46+,50-/m1/s1. The minimum absolute atomic E-state index is 0.0241. The summed E-state index contributed by atoms with van der Waals surface area (Å²) in [7, 11) is 3.28. The van der Waals surface area contributed by atoms with E-state index in [1.165, 1.54) is 4.90 Å². The number of hydrogen-bond acceptors (Lipinski definition) is 12. The normalized spacial score (nSPS) is 40.1. The van der Waals surface area contributed by atoms with Gasteiger partial charge in [0.05, 0.1) is 18.3 Å². The SMILES string of the molecule is CO[C@H]1CCC[C@@H](C[C@@H](C)C2CC(=O)[C@H](C)/C=C(\C)[C@@H](O)[C@@H](O)C(=O)[C@H](C)C[C@H](C)/C=C/C=C/C=C(\C)[C@@H](OC)C[C@@H]3CC[C@@H](C)[C@@](O)(O3)C(=O)C(=O)N3CCCC[C@H]3C(=O)O2)C1. The van der Waals surface area contributed by atoms with Crippen LogP contribution in [0.25, 0.3) is 0 Å². The topological polar surface area (TPSA) is 186 Å². The summed E-state index contributed by atoms with van der Waals surface area (Å²) in [6.45, 7) is 12.6. The summed E-state index contributed by atoms with van der Waals surface area (Å²) in [5.41, 5.74) is 1.14. The molecule has 4 rings (SSSR count). The molecule has 354 valence electrons. The van der Waals surface area contributed by atoms with Crippen molar-refractivity contribution in [2.75, 3.05) is 20.8 Å². The van der Waals surface area contributed by atoms with E-state index in [0.29, 0.717) is 44.9 Å². The van der Waals surface area contributed by atoms with E-state index in [0.717, 1.165) is 31.3 Å². The molecule has 0 aromatic carbocycles. The molecule has 13 heteroatoms. The Kier molecular flexibility index (Phi) is 20.1. The van der Waals surface area contributed by atoms with Crippen molar-refractivity contribution in [3.05, 3.63) is 47.6 Å². The van der Waals surface area contributed by atoms with E-state index < -0.39 is 83.5 Å². The largest absolute Gasteiger partial charge is 0.460 e. The Morgan fingerprint density at radius 2 is 1.57 bits per heavy atom. The van der Waals surface area contributed by atoms with Gasteiger partial charge in [0.1, 0.15) is 30.1 Å². The summed E-state index contributed by atoms with van der Waals surface area (Å²) in [5.74, 6) is -8.08. The number of esters is 1. The maximum atomic E-state index is 14.3. The van der Waals surface area contributed by atoms with Gasteiger partial charge < -0.3 is 39.2 Å². The maximum absolute atomic E-state index is 14.3. The first-order chi connectivity index (χ1) is 29.8. The molecule has 0 aromatic heterocycles. The molecule has 0 spiro atoms. The molecule has 3 fully saturated rings. The van der Waals surface area contributed by atoms with Crippen molar-refractivity contribution < 1.29 is 58.2 Å². The van der Waals surface area contributed by atoms with E-state index in [1.807, 2.05) is 51.2 Å². The number of Topliss-reactive ketones (excluding diaryl/α,β-unsaturated/α-hetero) is 3. The lowest BCUT2D eigenvalue weighted by Gasteiger charge is -2.42. The number of aliphatic hydroxyl groups excluding tert-OH is 2. The number of fused-ring (bicyclic) bond motifs is 3. The fourth-order valence-electron chi connectivity index (χ4n) is 9.90. The third kappa shape index (κ3) is 14.1. The molecule has 13 nitrogen and oxygen atoms in total. The highest BCUT2D eigenvalue weighted by Crippen LogP contribution is 2.37. The highest BCUT2D eigenvalue weighted by atomic mass is 16.6. The molecule has 2 saturated heterocycles. The first-order valence-electron chi connectivity index (χ1n) is 23.4. The Hall–Kier alpha value is -3.33. The van der Waals surface area contributed by atoms with Crippen molar-refractivity contribution in [1.29, 1.82) is 0 Å². The van der Waals surface area contributed by atoms with Crippen LogP contribution in [-0.2, 0) is 42.9 Å². The van der Waals surface area contributed by atoms with E-state index in [-0.39, 0.29) is 54.6 Å². The fraction of sp³-hybridized carbons (Fsp3) is 0.740. The Bertz CT molecular complexity index is 1700. The Balaban J connectivity index is 1.68. The number of methoxy groups -OCH3 is 2. The summed E-state index contributed by atoms with van der Waals surface area (Å²) in [6.07, 6.45) is 13.4. The number of hydrogen-bond donors (Lipinski definition) is 3. The smallest absolute Gasteiger partial charge is 0.329 e. The van der Waals surface area contributed by atoms with E-state index in [4.69, 9.17) is 18.9 Å². The van der Waals surface area contributed by atoms with Gasteiger partial charge in [-0.25, -0.2) is 4.79 Å². The number of ketones is 3. The molecule has 2 bridgehead atoms. The number of piperidine rings is 1. The fourth-order valence-corrected chi connectivity index (χ4v) is 9.90. The van der Waals surface area contributed by atoms with Crippen LogP contribution in [0.15, 0.2) is 47.6 Å². The number of cyclic esters (lactones) is 1. The molecule has 0 radical (unpaired) electrons. The number of carbonyl (C=O) groups excluding carboxylic acids is 5. The zero-order chi connectivity index (χ0) is 46.6. The average molecular weight is 884 g/mol. The van der Waals surface area contributed by atoms with Crippen molar-refractivity contribution >= 4 is 29.2 Å². The number of rotatable bonds is 5. The number of allylic oxidation sites excluding steroid dienone is 6. The van der Waals surface area contributed by atoms with Crippen molar-refractivity contribution in [3.8, 4) is 0 Å². The Morgan fingerprint density at radius 1 is 0.841 bits per heavy atom. The molecular formula is C50H77NO12. The monoisotopic (exact) mass is 884 g/mol. The zero-order valence-electron chi connectivity index (χ0n) is 39.3. The molecule has 3 heterocycles. The van der Waals surface area contributed by atoms with Crippen LogP contribution in [0.5, 0.6) is 0 Å². The molecule has 1 aliphatic carbocycles. The minimum atomic E-state index is -2.41. The van der Waals surface area contributed by atoms with Gasteiger partial charge in [-0.05, 0) is 101 Å². The van der Waals surface area contributed by atoms with Crippen LogP contribution >= 0.6 is 0 Å². The third-order valence-corrected chi connectivity index (χ3v) is 14.1. The lowest BCUT2D eigenvalue weighted by molar-refractivity contribution is -0.265. The summed E-state index contributed by atoms with van der Waals surface area (Å²) in [6, 6.07) is -1.12. The average Bonchev–Trinajstić information content (AvgIpc) is 3.27. The molecule has 63 heavy (non-hydrogen) atoms. The summed E-state index contributed by atoms with van der Waals surface area (Å²) in [5, 5.41) is 34.0. The minimum Gasteiger partial charge on any atom is -0.460 e. The third-order valence-electron chi connectivity index (χ3n) is 14.1. The van der Waals surface area contributed by atoms with Crippen molar-refractivity contribution in [2.45, 2.75) is 180 Å². The van der Waals surface area contributed by atoms with E-state index in [9.17, 15) is 39.3 Å². The van der Waals surface area contributed by atoms with Crippen molar-refractivity contribution in [1.82, 2.24) is 4.90 Å². The molecule has 4 aliphatic rings.